The topological polar surface area (TPSA) is 86.3 Å². The van der Waals surface area contributed by atoms with Crippen molar-refractivity contribution in [3.8, 4) is 23.0 Å². The van der Waals surface area contributed by atoms with Crippen LogP contribution in [0.25, 0.3) is 0 Å². The first-order valence-electron chi connectivity index (χ1n) is 10.4. The van der Waals surface area contributed by atoms with Crippen molar-refractivity contribution < 1.29 is 28.5 Å². The Balaban J connectivity index is 1.95. The molecule has 3 rings (SSSR count). The van der Waals surface area contributed by atoms with Gasteiger partial charge in [0.05, 0.1) is 19.8 Å². The van der Waals surface area contributed by atoms with Gasteiger partial charge in [0, 0.05) is 22.3 Å². The molecule has 0 aliphatic carbocycles. The van der Waals surface area contributed by atoms with Gasteiger partial charge in [0.2, 0.25) is 0 Å². The summed E-state index contributed by atoms with van der Waals surface area (Å²) in [5, 5.41) is 1.31. The van der Waals surface area contributed by atoms with Gasteiger partial charge in [0.15, 0.2) is 11.5 Å². The van der Waals surface area contributed by atoms with Crippen LogP contribution in [0.5, 0.6) is 23.0 Å². The molecular weight excluding hydrogens is 412 g/mol. The highest BCUT2D eigenvalue weighted by atomic mass is 16.6. The Kier molecular flexibility index (Phi) is 6.52. The van der Waals surface area contributed by atoms with Gasteiger partial charge >= 0.3 is 0 Å². The quantitative estimate of drug-likeness (QED) is 0.727. The number of rotatable bonds is 4. The number of ether oxygens (including phenoxy) is 4. The van der Waals surface area contributed by atoms with Crippen molar-refractivity contribution in [2.24, 2.45) is 0 Å². The van der Waals surface area contributed by atoms with Gasteiger partial charge in [0.1, 0.15) is 24.7 Å². The van der Waals surface area contributed by atoms with Gasteiger partial charge < -0.3 is 18.9 Å². The third-order valence-corrected chi connectivity index (χ3v) is 5.29. The zero-order chi connectivity index (χ0) is 23.6. The number of nitrogens with one attached hydrogen (secondary N) is 1. The zero-order valence-electron chi connectivity index (χ0n) is 19.6. The maximum atomic E-state index is 13.5. The zero-order valence-corrected chi connectivity index (χ0v) is 19.6. The van der Waals surface area contributed by atoms with Crippen LogP contribution in [-0.2, 0) is 0 Å². The van der Waals surface area contributed by atoms with E-state index in [1.165, 1.54) is 19.2 Å². The van der Waals surface area contributed by atoms with Crippen LogP contribution in [0.2, 0.25) is 0 Å². The van der Waals surface area contributed by atoms with Crippen molar-refractivity contribution in [1.29, 1.82) is 0 Å². The number of hydrazine groups is 1. The monoisotopic (exact) mass is 442 g/mol. The molecule has 8 nitrogen and oxygen atoms in total. The second-order valence-electron chi connectivity index (χ2n) is 8.52. The lowest BCUT2D eigenvalue weighted by molar-refractivity contribution is 0.0357. The van der Waals surface area contributed by atoms with Crippen molar-refractivity contribution >= 4 is 11.8 Å². The van der Waals surface area contributed by atoms with Gasteiger partial charge in [-0.2, -0.15) is 0 Å². The average molecular weight is 443 g/mol. The summed E-state index contributed by atoms with van der Waals surface area (Å²) in [6.45, 7) is 10.0. The molecule has 0 unspecified atom stereocenters. The standard InChI is InChI=1S/C24H30N2O6/c1-14-17(8-9-18-21(14)32-11-10-31-18)22(27)25-26(24(3,4)5)23(28)16-12-19(29-6)15(2)20(13-16)30-7/h8-9,12-13H,10-11H2,1-7H3,(H,25,27). The average Bonchev–Trinajstić information content (AvgIpc) is 2.76. The van der Waals surface area contributed by atoms with Crippen LogP contribution < -0.4 is 24.4 Å². The summed E-state index contributed by atoms with van der Waals surface area (Å²) < 4.78 is 22.1. The Morgan fingerprint density at radius 2 is 1.56 bits per heavy atom. The van der Waals surface area contributed by atoms with E-state index in [2.05, 4.69) is 5.43 Å². The SMILES string of the molecule is COc1cc(C(=O)N(NC(=O)c2ccc3c(c2C)OCCO3)C(C)(C)C)cc(OC)c1C. The molecule has 1 aliphatic rings. The Hall–Kier alpha value is -3.42. The molecule has 2 amide bonds. The molecule has 1 heterocycles. The fourth-order valence-corrected chi connectivity index (χ4v) is 3.52. The second-order valence-corrected chi connectivity index (χ2v) is 8.52. The van der Waals surface area contributed by atoms with E-state index in [4.69, 9.17) is 18.9 Å². The number of carbonyl (C=O) groups is 2. The van der Waals surface area contributed by atoms with E-state index in [1.807, 2.05) is 27.7 Å². The minimum Gasteiger partial charge on any atom is -0.496 e. The van der Waals surface area contributed by atoms with E-state index in [0.717, 1.165) is 5.56 Å². The molecule has 1 N–H and O–H groups in total. The van der Waals surface area contributed by atoms with E-state index >= 15 is 0 Å². The first kappa shape index (κ1) is 23.2. The summed E-state index contributed by atoms with van der Waals surface area (Å²) in [5.41, 5.74) is 4.23. The number of hydrogen-bond donors (Lipinski definition) is 1. The summed E-state index contributed by atoms with van der Waals surface area (Å²) in [7, 11) is 3.06. The van der Waals surface area contributed by atoms with Crippen LogP contribution in [-0.4, -0.2) is 49.8 Å². The summed E-state index contributed by atoms with van der Waals surface area (Å²) in [6, 6.07) is 6.65. The summed E-state index contributed by atoms with van der Waals surface area (Å²) in [6.07, 6.45) is 0. The fourth-order valence-electron chi connectivity index (χ4n) is 3.52. The normalized spacial score (nSPS) is 12.7. The first-order valence-corrected chi connectivity index (χ1v) is 10.4. The predicted molar refractivity (Wildman–Crippen MR) is 120 cm³/mol. The number of hydrogen-bond acceptors (Lipinski definition) is 6. The molecule has 0 saturated carbocycles. The molecular formula is C24H30N2O6. The largest absolute Gasteiger partial charge is 0.496 e. The molecule has 0 bridgehead atoms. The van der Waals surface area contributed by atoms with Crippen LogP contribution in [0, 0.1) is 13.8 Å². The van der Waals surface area contributed by atoms with Crippen molar-refractivity contribution in [2.75, 3.05) is 27.4 Å². The van der Waals surface area contributed by atoms with Crippen molar-refractivity contribution in [2.45, 2.75) is 40.2 Å². The molecule has 0 aromatic heterocycles. The molecule has 0 saturated heterocycles. The molecule has 2 aromatic carbocycles. The Morgan fingerprint density at radius 3 is 2.12 bits per heavy atom. The number of nitrogens with zero attached hydrogens (tertiary/aromatic N) is 1. The third-order valence-electron chi connectivity index (χ3n) is 5.29. The molecule has 0 atom stereocenters. The molecule has 32 heavy (non-hydrogen) atoms. The molecule has 8 heteroatoms. The molecule has 2 aromatic rings. The second kappa shape index (κ2) is 8.98. The van der Waals surface area contributed by atoms with Crippen LogP contribution in [0.3, 0.4) is 0 Å². The van der Waals surface area contributed by atoms with E-state index in [9.17, 15) is 9.59 Å². The molecule has 0 radical (unpaired) electrons. The lowest BCUT2D eigenvalue weighted by Gasteiger charge is -2.36. The van der Waals surface area contributed by atoms with E-state index in [-0.39, 0.29) is 0 Å². The number of fused-ring (bicyclic) bond motifs is 1. The van der Waals surface area contributed by atoms with Gasteiger partial charge in [-0.05, 0) is 58.9 Å². The van der Waals surface area contributed by atoms with Crippen LogP contribution in [0.15, 0.2) is 24.3 Å². The van der Waals surface area contributed by atoms with Crippen LogP contribution in [0.4, 0.5) is 0 Å². The predicted octanol–water partition coefficient (Wildman–Crippen LogP) is 3.68. The number of carbonyl (C=O) groups excluding carboxylic acids is 2. The van der Waals surface area contributed by atoms with Gasteiger partial charge in [-0.15, -0.1) is 0 Å². The fraction of sp³-hybridized carbons (Fsp3) is 0.417. The highest BCUT2D eigenvalue weighted by Gasteiger charge is 2.31. The number of benzene rings is 2. The van der Waals surface area contributed by atoms with E-state index in [0.29, 0.717) is 52.9 Å². The lowest BCUT2D eigenvalue weighted by Crippen LogP contribution is -2.56. The Bertz CT molecular complexity index is 1020. The molecule has 1 aliphatic heterocycles. The minimum atomic E-state index is -0.709. The van der Waals surface area contributed by atoms with Crippen molar-refractivity contribution in [1.82, 2.24) is 10.4 Å². The number of methoxy groups -OCH3 is 2. The van der Waals surface area contributed by atoms with Crippen molar-refractivity contribution in [3.63, 3.8) is 0 Å². The maximum Gasteiger partial charge on any atom is 0.273 e. The van der Waals surface area contributed by atoms with Gasteiger partial charge in [-0.25, -0.2) is 5.01 Å². The van der Waals surface area contributed by atoms with Crippen LogP contribution in [0.1, 0.15) is 52.6 Å². The first-order chi connectivity index (χ1) is 15.1. The lowest BCUT2D eigenvalue weighted by atomic mass is 10.0. The van der Waals surface area contributed by atoms with Gasteiger partial charge in [-0.3, -0.25) is 15.0 Å². The molecule has 0 fully saturated rings. The Labute approximate surface area is 188 Å². The smallest absolute Gasteiger partial charge is 0.273 e. The van der Waals surface area contributed by atoms with Crippen molar-refractivity contribution in [3.05, 3.63) is 46.5 Å². The molecule has 0 spiro atoms. The highest BCUT2D eigenvalue weighted by Crippen LogP contribution is 2.35. The maximum absolute atomic E-state index is 13.5. The highest BCUT2D eigenvalue weighted by molar-refractivity contribution is 6.01. The third kappa shape index (κ3) is 4.44. The van der Waals surface area contributed by atoms with E-state index in [1.54, 1.807) is 31.2 Å². The van der Waals surface area contributed by atoms with E-state index < -0.39 is 17.4 Å². The minimum absolute atomic E-state index is 0.332. The summed E-state index contributed by atoms with van der Waals surface area (Å²) in [5.74, 6) is 1.39. The van der Waals surface area contributed by atoms with Gasteiger partial charge in [0.25, 0.3) is 11.8 Å². The summed E-state index contributed by atoms with van der Waals surface area (Å²) in [4.78, 5) is 26.7. The summed E-state index contributed by atoms with van der Waals surface area (Å²) >= 11 is 0. The van der Waals surface area contributed by atoms with Gasteiger partial charge in [-0.1, -0.05) is 0 Å². The van der Waals surface area contributed by atoms with Crippen LogP contribution >= 0.6 is 0 Å². The molecule has 172 valence electrons. The number of amides is 2. The Morgan fingerprint density at radius 1 is 0.969 bits per heavy atom.